The van der Waals surface area contributed by atoms with Crippen molar-refractivity contribution in [2.75, 3.05) is 6.61 Å². The molecule has 2 aliphatic carbocycles. The molecule has 5 atom stereocenters. The molecule has 210 valence electrons. The Balaban J connectivity index is 1.28. The molecule has 2 saturated carbocycles. The summed E-state index contributed by atoms with van der Waals surface area (Å²) >= 11 is 0. The largest absolute Gasteiger partial charge is 0.465 e. The van der Waals surface area contributed by atoms with E-state index in [2.05, 4.69) is 58.9 Å². The Hall–Kier alpha value is -1.42. The van der Waals surface area contributed by atoms with Crippen LogP contribution in [0.15, 0.2) is 24.3 Å². The molecule has 1 saturated heterocycles. The van der Waals surface area contributed by atoms with E-state index in [0.717, 1.165) is 44.9 Å². The number of hydrogen-bond donors (Lipinski definition) is 0. The third-order valence-electron chi connectivity index (χ3n) is 9.59. The molecule has 1 aliphatic heterocycles. The average Bonchev–Trinajstić information content (AvgIpc) is 3.53. The van der Waals surface area contributed by atoms with Crippen LogP contribution in [0.4, 0.5) is 0 Å². The number of Topliss-reactive ketones (excluding diaryl/α,β-unsaturated/α-hetero) is 1. The zero-order valence-electron chi connectivity index (χ0n) is 24.5. The van der Waals surface area contributed by atoms with Crippen LogP contribution in [-0.2, 0) is 19.1 Å². The van der Waals surface area contributed by atoms with E-state index in [1.54, 1.807) is 0 Å². The predicted octanol–water partition coefficient (Wildman–Crippen LogP) is 8.53. The van der Waals surface area contributed by atoms with Crippen molar-refractivity contribution >= 4 is 11.8 Å². The monoisotopic (exact) mass is 514 g/mol. The van der Waals surface area contributed by atoms with Gasteiger partial charge >= 0.3 is 5.97 Å². The molecule has 4 heteroatoms. The molecule has 4 nitrogen and oxygen atoms in total. The van der Waals surface area contributed by atoms with Gasteiger partial charge in [0.25, 0.3) is 0 Å². The third-order valence-corrected chi connectivity index (χ3v) is 9.59. The van der Waals surface area contributed by atoms with Crippen molar-refractivity contribution in [2.24, 2.45) is 22.7 Å². The maximum atomic E-state index is 13.2. The Kier molecular flexibility index (Phi) is 11.1. The molecule has 3 fully saturated rings. The van der Waals surface area contributed by atoms with Crippen LogP contribution in [0, 0.1) is 22.7 Å². The maximum absolute atomic E-state index is 13.2. The zero-order chi connectivity index (χ0) is 26.9. The molecular formula is C33H54O4. The average molecular weight is 515 g/mol. The smallest absolute Gasteiger partial charge is 0.305 e. The number of ether oxygens (including phenoxy) is 2. The van der Waals surface area contributed by atoms with Crippen LogP contribution in [-0.4, -0.2) is 30.1 Å². The molecule has 0 radical (unpaired) electrons. The van der Waals surface area contributed by atoms with E-state index in [4.69, 9.17) is 9.47 Å². The minimum Gasteiger partial charge on any atom is -0.465 e. The van der Waals surface area contributed by atoms with Crippen LogP contribution in [0.3, 0.4) is 0 Å². The van der Waals surface area contributed by atoms with Crippen molar-refractivity contribution in [3.63, 3.8) is 0 Å². The van der Waals surface area contributed by atoms with Crippen molar-refractivity contribution in [3.8, 4) is 0 Å². The van der Waals surface area contributed by atoms with Crippen molar-refractivity contribution < 1.29 is 19.1 Å². The lowest BCUT2D eigenvalue weighted by Crippen LogP contribution is -2.60. The summed E-state index contributed by atoms with van der Waals surface area (Å²) in [7, 11) is 0. The van der Waals surface area contributed by atoms with Crippen LogP contribution < -0.4 is 0 Å². The highest BCUT2D eigenvalue weighted by Gasteiger charge is 2.74. The molecule has 3 aliphatic rings. The summed E-state index contributed by atoms with van der Waals surface area (Å²) in [6, 6.07) is 0. The molecule has 0 amide bonds. The van der Waals surface area contributed by atoms with Crippen molar-refractivity contribution in [1.29, 1.82) is 0 Å². The van der Waals surface area contributed by atoms with Crippen LogP contribution in [0.1, 0.15) is 131 Å². The van der Waals surface area contributed by atoms with Crippen LogP contribution >= 0.6 is 0 Å². The Labute approximate surface area is 227 Å². The summed E-state index contributed by atoms with van der Waals surface area (Å²) in [6.45, 7) is 11.4. The normalized spacial score (nSPS) is 32.5. The molecular weight excluding hydrogens is 460 g/mol. The summed E-state index contributed by atoms with van der Waals surface area (Å²) in [4.78, 5) is 25.8. The topological polar surface area (TPSA) is 55.9 Å². The molecule has 0 aromatic carbocycles. The highest BCUT2D eigenvalue weighted by Crippen LogP contribution is 2.66. The summed E-state index contributed by atoms with van der Waals surface area (Å²) in [6.07, 6.45) is 25.5. The predicted molar refractivity (Wildman–Crippen MR) is 151 cm³/mol. The number of carbonyl (C=O) groups excluding carboxylic acids is 2. The number of esters is 1. The molecule has 0 aromatic heterocycles. The first-order valence-corrected chi connectivity index (χ1v) is 15.3. The zero-order valence-corrected chi connectivity index (χ0v) is 24.5. The summed E-state index contributed by atoms with van der Waals surface area (Å²) in [5.74, 6) is 0.252. The van der Waals surface area contributed by atoms with Gasteiger partial charge in [0.15, 0.2) is 5.78 Å². The van der Waals surface area contributed by atoms with Crippen LogP contribution in [0.5, 0.6) is 0 Å². The fraction of sp³-hybridized carbons (Fsp3) is 0.818. The van der Waals surface area contributed by atoms with E-state index in [0.29, 0.717) is 13.0 Å². The SMILES string of the molecule is CCCCC/C=C\C/C=C\CCCCCCCC(=O)OC[C@@H]1[C@@]2(C)CCCC(C)(C)[C@@H]2C(=O)[C@@H]2O[C@]12C. The second-order valence-electron chi connectivity index (χ2n) is 13.1. The lowest BCUT2D eigenvalue weighted by Gasteiger charge is -2.56. The minimum atomic E-state index is -0.463. The summed E-state index contributed by atoms with van der Waals surface area (Å²) in [5, 5.41) is 0. The van der Waals surface area contributed by atoms with Gasteiger partial charge in [-0.05, 0) is 69.1 Å². The second-order valence-corrected chi connectivity index (χ2v) is 13.1. The number of ketones is 1. The molecule has 0 aromatic rings. The molecule has 1 heterocycles. The molecule has 0 bridgehead atoms. The second kappa shape index (κ2) is 13.6. The molecule has 0 spiro atoms. The van der Waals surface area contributed by atoms with Gasteiger partial charge in [-0.2, -0.15) is 0 Å². The Morgan fingerprint density at radius 3 is 2.27 bits per heavy atom. The lowest BCUT2D eigenvalue weighted by molar-refractivity contribution is -0.158. The lowest BCUT2D eigenvalue weighted by atomic mass is 9.46. The number of hydrogen-bond acceptors (Lipinski definition) is 4. The summed E-state index contributed by atoms with van der Waals surface area (Å²) < 4.78 is 11.9. The van der Waals surface area contributed by atoms with E-state index < -0.39 is 5.60 Å². The van der Waals surface area contributed by atoms with Crippen molar-refractivity contribution in [3.05, 3.63) is 24.3 Å². The molecule has 3 rings (SSSR count). The van der Waals surface area contributed by atoms with Gasteiger partial charge in [-0.25, -0.2) is 0 Å². The summed E-state index contributed by atoms with van der Waals surface area (Å²) in [5.41, 5.74) is -0.657. The minimum absolute atomic E-state index is 0.0140. The van der Waals surface area contributed by atoms with Gasteiger partial charge in [-0.1, -0.05) is 90.5 Å². The first-order chi connectivity index (χ1) is 17.7. The number of rotatable bonds is 16. The number of unbranched alkanes of at least 4 members (excludes halogenated alkanes) is 8. The standard InChI is InChI=1S/C33H54O4/c1-6-7-8-9-10-11-12-13-14-15-16-17-18-19-20-22-27(34)36-25-26-32(4)24-21-23-31(2,3)29(32)28(35)30-33(26,5)37-30/h10-11,13-14,26,29-30H,6-9,12,15-25H2,1-5H3/b11-10-,14-13-/t26-,29+,30+,32-,33-/m1/s1. The van der Waals surface area contributed by atoms with Crippen molar-refractivity contribution in [1.82, 2.24) is 0 Å². The van der Waals surface area contributed by atoms with Crippen molar-refractivity contribution in [2.45, 2.75) is 143 Å². The first-order valence-electron chi connectivity index (χ1n) is 15.3. The van der Waals surface area contributed by atoms with E-state index in [1.165, 1.54) is 44.9 Å². The maximum Gasteiger partial charge on any atom is 0.305 e. The molecule has 37 heavy (non-hydrogen) atoms. The Morgan fingerprint density at radius 1 is 0.919 bits per heavy atom. The Bertz CT molecular complexity index is 811. The molecule has 0 unspecified atom stereocenters. The van der Waals surface area contributed by atoms with E-state index in [1.807, 2.05) is 0 Å². The number of carbonyl (C=O) groups is 2. The van der Waals surface area contributed by atoms with E-state index in [-0.39, 0.29) is 40.5 Å². The van der Waals surface area contributed by atoms with Crippen LogP contribution in [0.2, 0.25) is 0 Å². The number of epoxide rings is 1. The highest BCUT2D eigenvalue weighted by molar-refractivity contribution is 5.92. The van der Waals surface area contributed by atoms with E-state index >= 15 is 0 Å². The highest BCUT2D eigenvalue weighted by atomic mass is 16.6. The van der Waals surface area contributed by atoms with Gasteiger partial charge in [-0.15, -0.1) is 0 Å². The number of allylic oxidation sites excluding steroid dienone is 4. The fourth-order valence-corrected chi connectivity index (χ4v) is 7.51. The third kappa shape index (κ3) is 7.58. The molecule has 0 N–H and O–H groups in total. The van der Waals surface area contributed by atoms with Crippen LogP contribution in [0.25, 0.3) is 0 Å². The number of fused-ring (bicyclic) bond motifs is 2. The van der Waals surface area contributed by atoms with Gasteiger partial charge in [0, 0.05) is 18.3 Å². The fourth-order valence-electron chi connectivity index (χ4n) is 7.51. The van der Waals surface area contributed by atoms with Gasteiger partial charge < -0.3 is 9.47 Å². The van der Waals surface area contributed by atoms with E-state index in [9.17, 15) is 9.59 Å². The van der Waals surface area contributed by atoms with Gasteiger partial charge in [-0.3, -0.25) is 9.59 Å². The van der Waals surface area contributed by atoms with Gasteiger partial charge in [0.2, 0.25) is 0 Å². The quantitative estimate of drug-likeness (QED) is 0.0896. The van der Waals surface area contributed by atoms with Gasteiger partial charge in [0.05, 0.1) is 6.61 Å². The Morgan fingerprint density at radius 2 is 1.57 bits per heavy atom. The van der Waals surface area contributed by atoms with Gasteiger partial charge in [0.1, 0.15) is 11.7 Å². The first kappa shape index (κ1) is 30.1.